The highest BCUT2D eigenvalue weighted by atomic mass is 16.7. The van der Waals surface area contributed by atoms with Crippen LogP contribution in [0.4, 0.5) is 0 Å². The highest BCUT2D eigenvalue weighted by molar-refractivity contribution is 5.85. The fourth-order valence-corrected chi connectivity index (χ4v) is 10.1. The Morgan fingerprint density at radius 2 is 1.87 bits per heavy atom. The summed E-state index contributed by atoms with van der Waals surface area (Å²) in [6.45, 7) is 6.96. The fraction of sp³-hybridized carbons (Fsp3) is 0.867. The molecule has 0 aromatic rings. The van der Waals surface area contributed by atoms with Gasteiger partial charge in [-0.1, -0.05) is 13.8 Å². The number of carbonyl (C=O) groups excluding carboxylic acids is 2. The number of aliphatic hydroxyl groups is 3. The van der Waals surface area contributed by atoms with E-state index in [0.717, 1.165) is 50.5 Å². The van der Waals surface area contributed by atoms with Crippen molar-refractivity contribution in [3.63, 3.8) is 0 Å². The van der Waals surface area contributed by atoms with Crippen molar-refractivity contribution in [1.82, 2.24) is 0 Å². The van der Waals surface area contributed by atoms with Crippen LogP contribution < -0.4 is 0 Å². The minimum Gasteiger partial charge on any atom is -0.464 e. The molecular formula is C30H44O9. The number of rotatable bonds is 5. The van der Waals surface area contributed by atoms with Crippen LogP contribution in [0.5, 0.6) is 0 Å². The second kappa shape index (κ2) is 9.79. The second-order valence-corrected chi connectivity index (χ2v) is 13.7. The third-order valence-corrected chi connectivity index (χ3v) is 12.1. The van der Waals surface area contributed by atoms with E-state index in [4.69, 9.17) is 18.9 Å². The van der Waals surface area contributed by atoms with Crippen LogP contribution in [0.25, 0.3) is 0 Å². The van der Waals surface area contributed by atoms with Crippen LogP contribution in [-0.2, 0) is 28.5 Å². The molecule has 3 N–H and O–H groups in total. The Balaban J connectivity index is 1.19. The molecule has 0 aromatic carbocycles. The van der Waals surface area contributed by atoms with Gasteiger partial charge in [0, 0.05) is 30.3 Å². The summed E-state index contributed by atoms with van der Waals surface area (Å²) < 4.78 is 23.0. The molecule has 4 saturated carbocycles. The molecule has 9 nitrogen and oxygen atoms in total. The molecule has 6 rings (SSSR count). The molecule has 0 bridgehead atoms. The van der Waals surface area contributed by atoms with Crippen LogP contribution in [-0.4, -0.2) is 76.8 Å². The first-order valence-corrected chi connectivity index (χ1v) is 14.9. The van der Waals surface area contributed by atoms with E-state index < -0.39 is 41.7 Å². The summed E-state index contributed by atoms with van der Waals surface area (Å²) >= 11 is 0. The Labute approximate surface area is 230 Å². The molecular weight excluding hydrogens is 504 g/mol. The van der Waals surface area contributed by atoms with E-state index in [-0.39, 0.29) is 42.4 Å². The van der Waals surface area contributed by atoms with Gasteiger partial charge in [-0.3, -0.25) is 4.79 Å². The van der Waals surface area contributed by atoms with Gasteiger partial charge in [0.15, 0.2) is 6.29 Å². The van der Waals surface area contributed by atoms with E-state index in [2.05, 4.69) is 13.8 Å². The SMILES string of the molecule is CC1OC(OC2CCC3(C)C(CCC4C3CCC3(C)[C@@H](C5=CC(=O)OC5)C(OC=O)CC43O)C2)CC(O)C1O. The van der Waals surface area contributed by atoms with Crippen molar-refractivity contribution < 1.29 is 43.9 Å². The first-order chi connectivity index (χ1) is 18.5. The number of carbonyl (C=O) groups is 2. The molecule has 0 amide bonds. The highest BCUT2D eigenvalue weighted by Crippen LogP contribution is 2.70. The number of hydrogen-bond donors (Lipinski definition) is 3. The third kappa shape index (κ3) is 4.21. The summed E-state index contributed by atoms with van der Waals surface area (Å²) in [6, 6.07) is 0. The Bertz CT molecular complexity index is 1000. The lowest BCUT2D eigenvalue weighted by atomic mass is 9.43. The van der Waals surface area contributed by atoms with Gasteiger partial charge in [0.2, 0.25) is 0 Å². The minimum absolute atomic E-state index is 0.0456. The zero-order valence-electron chi connectivity index (χ0n) is 23.3. The maximum absolute atomic E-state index is 12.6. The van der Waals surface area contributed by atoms with Crippen molar-refractivity contribution in [3.8, 4) is 0 Å². The second-order valence-electron chi connectivity index (χ2n) is 13.7. The number of aliphatic hydroxyl groups excluding tert-OH is 2. The van der Waals surface area contributed by atoms with Crippen molar-refractivity contribution in [2.24, 2.45) is 34.5 Å². The van der Waals surface area contributed by atoms with Crippen molar-refractivity contribution in [1.29, 1.82) is 0 Å². The van der Waals surface area contributed by atoms with Crippen LogP contribution in [0.15, 0.2) is 11.6 Å². The molecule has 0 radical (unpaired) electrons. The predicted octanol–water partition coefficient (Wildman–Crippen LogP) is 2.64. The molecule has 6 aliphatic rings. The van der Waals surface area contributed by atoms with Crippen LogP contribution in [0.3, 0.4) is 0 Å². The largest absolute Gasteiger partial charge is 0.464 e. The van der Waals surface area contributed by atoms with E-state index in [1.165, 1.54) is 6.08 Å². The number of ether oxygens (including phenoxy) is 4. The smallest absolute Gasteiger partial charge is 0.331 e. The molecule has 9 heteroatoms. The van der Waals surface area contributed by atoms with Gasteiger partial charge in [0.25, 0.3) is 6.47 Å². The first-order valence-electron chi connectivity index (χ1n) is 14.9. The van der Waals surface area contributed by atoms with Crippen molar-refractivity contribution in [2.75, 3.05) is 6.61 Å². The van der Waals surface area contributed by atoms with Gasteiger partial charge in [0.1, 0.15) is 18.8 Å². The van der Waals surface area contributed by atoms with Gasteiger partial charge >= 0.3 is 5.97 Å². The van der Waals surface area contributed by atoms with Gasteiger partial charge in [-0.2, -0.15) is 0 Å². The molecule has 13 atom stereocenters. The zero-order chi connectivity index (χ0) is 27.7. The molecule has 1 saturated heterocycles. The molecule has 5 fully saturated rings. The topological polar surface area (TPSA) is 132 Å². The lowest BCUT2D eigenvalue weighted by Crippen LogP contribution is -2.62. The standard InChI is InChI=1S/C30H44O9/c1-16-27(34)22(32)12-25(38-16)39-19-6-8-28(2)18(11-19)4-5-21-20(28)7-9-29(3)26(17-10-24(33)36-14-17)23(37-15-31)13-30(21,29)35/h10,15-16,18-23,25-27,32,34-35H,4-9,11-14H2,1-3H3/t16?,18?,19?,20?,21?,22?,23?,25?,26-,27?,28?,29?,30?/m0/s1. The molecule has 0 spiro atoms. The maximum Gasteiger partial charge on any atom is 0.331 e. The lowest BCUT2D eigenvalue weighted by Gasteiger charge is -2.63. The Morgan fingerprint density at radius 1 is 1.08 bits per heavy atom. The van der Waals surface area contributed by atoms with Crippen LogP contribution in [0, 0.1) is 34.5 Å². The quantitative estimate of drug-likeness (QED) is 0.269. The van der Waals surface area contributed by atoms with Gasteiger partial charge in [-0.25, -0.2) is 4.79 Å². The molecule has 0 aromatic heterocycles. The summed E-state index contributed by atoms with van der Waals surface area (Å²) in [7, 11) is 0. The minimum atomic E-state index is -0.995. The fourth-order valence-electron chi connectivity index (χ4n) is 10.1. The monoisotopic (exact) mass is 548 g/mol. The molecule has 2 aliphatic heterocycles. The van der Waals surface area contributed by atoms with Crippen molar-refractivity contribution in [3.05, 3.63) is 11.6 Å². The van der Waals surface area contributed by atoms with Crippen molar-refractivity contribution >= 4 is 12.4 Å². The van der Waals surface area contributed by atoms with Crippen LogP contribution in [0.1, 0.15) is 78.6 Å². The average Bonchev–Trinajstić information content (AvgIpc) is 3.40. The lowest BCUT2D eigenvalue weighted by molar-refractivity contribution is -0.270. The van der Waals surface area contributed by atoms with E-state index in [1.807, 2.05) is 0 Å². The summed E-state index contributed by atoms with van der Waals surface area (Å²) in [5, 5.41) is 32.8. The third-order valence-electron chi connectivity index (χ3n) is 12.1. The molecule has 12 unspecified atom stereocenters. The molecule has 39 heavy (non-hydrogen) atoms. The highest BCUT2D eigenvalue weighted by Gasteiger charge is 2.70. The van der Waals surface area contributed by atoms with Gasteiger partial charge in [0.05, 0.1) is 23.9 Å². The maximum atomic E-state index is 12.6. The number of hydrogen-bond acceptors (Lipinski definition) is 9. The van der Waals surface area contributed by atoms with Gasteiger partial charge < -0.3 is 34.3 Å². The molecule has 4 aliphatic carbocycles. The number of cyclic esters (lactones) is 1. The predicted molar refractivity (Wildman–Crippen MR) is 138 cm³/mol. The van der Waals surface area contributed by atoms with Gasteiger partial charge in [-0.05, 0) is 80.6 Å². The Kier molecular flexibility index (Phi) is 6.94. The van der Waals surface area contributed by atoms with E-state index in [0.29, 0.717) is 24.7 Å². The van der Waals surface area contributed by atoms with E-state index in [9.17, 15) is 24.9 Å². The normalized spacial score (nSPS) is 53.2. The summed E-state index contributed by atoms with van der Waals surface area (Å²) in [4.78, 5) is 23.4. The average molecular weight is 549 g/mol. The number of fused-ring (bicyclic) bond motifs is 5. The molecule has 218 valence electrons. The van der Waals surface area contributed by atoms with E-state index >= 15 is 0 Å². The Hall–Kier alpha value is -1.52. The van der Waals surface area contributed by atoms with E-state index in [1.54, 1.807) is 6.92 Å². The first kappa shape index (κ1) is 27.6. The summed E-state index contributed by atoms with van der Waals surface area (Å²) in [5.41, 5.74) is -0.601. The van der Waals surface area contributed by atoms with Crippen molar-refractivity contribution in [2.45, 2.75) is 121 Å². The van der Waals surface area contributed by atoms with Gasteiger partial charge in [-0.15, -0.1) is 0 Å². The van der Waals surface area contributed by atoms with Crippen LogP contribution >= 0.6 is 0 Å². The zero-order valence-corrected chi connectivity index (χ0v) is 23.3. The number of esters is 1. The molecule has 2 heterocycles. The summed E-state index contributed by atoms with van der Waals surface area (Å²) in [6.07, 6.45) is 5.57. The Morgan fingerprint density at radius 3 is 2.56 bits per heavy atom. The summed E-state index contributed by atoms with van der Waals surface area (Å²) in [5.74, 6) is 0.305. The van der Waals surface area contributed by atoms with Crippen LogP contribution in [0.2, 0.25) is 0 Å².